The molecule has 2 heterocycles. The van der Waals surface area contributed by atoms with Gasteiger partial charge in [-0.2, -0.15) is 4.98 Å². The van der Waals surface area contributed by atoms with Crippen molar-refractivity contribution in [3.05, 3.63) is 24.4 Å². The zero-order valence-electron chi connectivity index (χ0n) is 7.80. The lowest BCUT2D eigenvalue weighted by Gasteiger charge is -1.98. The molecule has 0 saturated heterocycles. The predicted octanol–water partition coefficient (Wildman–Crippen LogP) is 1.74. The lowest BCUT2D eigenvalue weighted by molar-refractivity contribution is 0.414. The number of furan rings is 1. The van der Waals surface area contributed by atoms with Gasteiger partial charge in [0.15, 0.2) is 5.82 Å². The van der Waals surface area contributed by atoms with Gasteiger partial charge in [-0.25, -0.2) is 0 Å². The molecule has 2 N–H and O–H groups in total. The fraction of sp³-hybridized carbons (Fsp3) is 0.333. The molecule has 1 atom stereocenters. The van der Waals surface area contributed by atoms with Crippen LogP contribution in [0.1, 0.15) is 25.2 Å². The highest BCUT2D eigenvalue weighted by molar-refractivity contribution is 5.49. The molecular weight excluding hydrogens is 182 g/mol. The summed E-state index contributed by atoms with van der Waals surface area (Å²) in [5.41, 5.74) is 6.52. The van der Waals surface area contributed by atoms with E-state index in [1.165, 1.54) is 0 Å². The first kappa shape index (κ1) is 8.96. The van der Waals surface area contributed by atoms with Crippen molar-refractivity contribution in [2.45, 2.75) is 19.4 Å². The second kappa shape index (κ2) is 3.63. The maximum Gasteiger partial charge on any atom is 0.261 e. The van der Waals surface area contributed by atoms with E-state index in [9.17, 15) is 0 Å². The van der Waals surface area contributed by atoms with Gasteiger partial charge in [0.2, 0.25) is 0 Å². The summed E-state index contributed by atoms with van der Waals surface area (Å²) in [6, 6.07) is 1.59. The molecule has 0 saturated carbocycles. The lowest BCUT2D eigenvalue weighted by Crippen LogP contribution is -2.10. The van der Waals surface area contributed by atoms with Crippen molar-refractivity contribution in [2.75, 3.05) is 0 Å². The van der Waals surface area contributed by atoms with E-state index in [1.807, 2.05) is 6.92 Å². The van der Waals surface area contributed by atoms with E-state index in [4.69, 9.17) is 14.7 Å². The first-order valence-electron chi connectivity index (χ1n) is 4.43. The van der Waals surface area contributed by atoms with Crippen LogP contribution in [-0.2, 0) is 0 Å². The van der Waals surface area contributed by atoms with Crippen LogP contribution in [0.5, 0.6) is 0 Å². The van der Waals surface area contributed by atoms with E-state index in [1.54, 1.807) is 18.6 Å². The minimum atomic E-state index is -0.167. The van der Waals surface area contributed by atoms with Crippen LogP contribution in [0.25, 0.3) is 11.5 Å². The molecule has 0 aliphatic carbocycles. The summed E-state index contributed by atoms with van der Waals surface area (Å²) in [6.07, 6.45) is 3.89. The van der Waals surface area contributed by atoms with E-state index in [-0.39, 0.29) is 6.04 Å². The van der Waals surface area contributed by atoms with Crippen molar-refractivity contribution >= 4 is 0 Å². The molecule has 74 valence electrons. The van der Waals surface area contributed by atoms with E-state index in [0.29, 0.717) is 11.7 Å². The topological polar surface area (TPSA) is 78.1 Å². The Morgan fingerprint density at radius 1 is 1.57 bits per heavy atom. The minimum absolute atomic E-state index is 0.167. The van der Waals surface area contributed by atoms with Crippen LogP contribution in [0.4, 0.5) is 0 Å². The first-order valence-corrected chi connectivity index (χ1v) is 4.43. The smallest absolute Gasteiger partial charge is 0.261 e. The van der Waals surface area contributed by atoms with Crippen LogP contribution in [-0.4, -0.2) is 10.1 Å². The van der Waals surface area contributed by atoms with Gasteiger partial charge in [-0.3, -0.25) is 0 Å². The van der Waals surface area contributed by atoms with E-state index < -0.39 is 0 Å². The summed E-state index contributed by atoms with van der Waals surface area (Å²) in [5.74, 6) is 0.973. The van der Waals surface area contributed by atoms with Crippen molar-refractivity contribution in [3.63, 3.8) is 0 Å². The molecule has 2 aromatic rings. The molecule has 0 amide bonds. The van der Waals surface area contributed by atoms with Gasteiger partial charge >= 0.3 is 0 Å². The molecule has 0 aromatic carbocycles. The molecule has 2 aromatic heterocycles. The SMILES string of the molecule is CCC(N)c1noc(-c2ccoc2)n1. The number of nitrogens with two attached hydrogens (primary N) is 1. The van der Waals surface area contributed by atoms with Gasteiger partial charge in [0.25, 0.3) is 5.89 Å². The van der Waals surface area contributed by atoms with Gasteiger partial charge in [-0.15, -0.1) is 0 Å². The van der Waals surface area contributed by atoms with Crippen LogP contribution >= 0.6 is 0 Å². The Morgan fingerprint density at radius 2 is 2.43 bits per heavy atom. The number of hydrogen-bond donors (Lipinski definition) is 1. The van der Waals surface area contributed by atoms with Crippen molar-refractivity contribution in [2.24, 2.45) is 5.73 Å². The fourth-order valence-electron chi connectivity index (χ4n) is 1.07. The summed E-state index contributed by atoms with van der Waals surface area (Å²) in [7, 11) is 0. The molecular formula is C9H11N3O2. The highest BCUT2D eigenvalue weighted by Crippen LogP contribution is 2.19. The maximum atomic E-state index is 5.75. The predicted molar refractivity (Wildman–Crippen MR) is 49.2 cm³/mol. The second-order valence-electron chi connectivity index (χ2n) is 2.98. The third-order valence-electron chi connectivity index (χ3n) is 1.98. The van der Waals surface area contributed by atoms with Gasteiger partial charge in [-0.05, 0) is 12.5 Å². The largest absolute Gasteiger partial charge is 0.472 e. The summed E-state index contributed by atoms with van der Waals surface area (Å²) < 4.78 is 9.94. The Bertz CT molecular complexity index is 394. The Hall–Kier alpha value is -1.62. The average molecular weight is 193 g/mol. The number of hydrogen-bond acceptors (Lipinski definition) is 5. The number of nitrogens with zero attached hydrogens (tertiary/aromatic N) is 2. The monoisotopic (exact) mass is 193 g/mol. The lowest BCUT2D eigenvalue weighted by atomic mass is 10.2. The van der Waals surface area contributed by atoms with Gasteiger partial charge in [0, 0.05) is 0 Å². The first-order chi connectivity index (χ1) is 6.81. The molecule has 2 rings (SSSR count). The third-order valence-corrected chi connectivity index (χ3v) is 1.98. The van der Waals surface area contributed by atoms with Crippen LogP contribution < -0.4 is 5.73 Å². The second-order valence-corrected chi connectivity index (χ2v) is 2.98. The molecule has 14 heavy (non-hydrogen) atoms. The molecule has 0 radical (unpaired) electrons. The Balaban J connectivity index is 2.26. The summed E-state index contributed by atoms with van der Waals surface area (Å²) in [5, 5.41) is 3.79. The zero-order valence-corrected chi connectivity index (χ0v) is 7.80. The molecule has 0 bridgehead atoms. The van der Waals surface area contributed by atoms with Crippen molar-refractivity contribution in [1.29, 1.82) is 0 Å². The normalized spacial score (nSPS) is 13.0. The Labute approximate surface area is 80.9 Å². The Kier molecular flexibility index (Phi) is 2.32. The van der Waals surface area contributed by atoms with Crippen molar-refractivity contribution in [3.8, 4) is 11.5 Å². The van der Waals surface area contributed by atoms with Crippen LogP contribution in [0.3, 0.4) is 0 Å². The molecule has 5 heteroatoms. The quantitative estimate of drug-likeness (QED) is 0.803. The fourth-order valence-corrected chi connectivity index (χ4v) is 1.07. The number of rotatable bonds is 3. The minimum Gasteiger partial charge on any atom is -0.472 e. The third kappa shape index (κ3) is 1.54. The van der Waals surface area contributed by atoms with E-state index in [0.717, 1.165) is 12.0 Å². The zero-order chi connectivity index (χ0) is 9.97. The highest BCUT2D eigenvalue weighted by atomic mass is 16.5. The van der Waals surface area contributed by atoms with E-state index >= 15 is 0 Å². The summed E-state index contributed by atoms with van der Waals surface area (Å²) in [4.78, 5) is 4.16. The van der Waals surface area contributed by atoms with Crippen LogP contribution in [0, 0.1) is 0 Å². The van der Waals surface area contributed by atoms with E-state index in [2.05, 4.69) is 10.1 Å². The molecule has 5 nitrogen and oxygen atoms in total. The van der Waals surface area contributed by atoms with Gasteiger partial charge in [0.05, 0.1) is 17.9 Å². The molecule has 0 fully saturated rings. The Morgan fingerprint density at radius 3 is 3.07 bits per heavy atom. The van der Waals surface area contributed by atoms with Gasteiger partial charge in [0.1, 0.15) is 6.26 Å². The standard InChI is InChI=1S/C9H11N3O2/c1-2-7(10)8-11-9(14-12-8)6-3-4-13-5-6/h3-5,7H,2,10H2,1H3. The van der Waals surface area contributed by atoms with Gasteiger partial charge in [-0.1, -0.05) is 12.1 Å². The van der Waals surface area contributed by atoms with Crippen molar-refractivity contribution in [1.82, 2.24) is 10.1 Å². The molecule has 0 aliphatic rings. The molecule has 0 spiro atoms. The highest BCUT2D eigenvalue weighted by Gasteiger charge is 2.13. The van der Waals surface area contributed by atoms with Gasteiger partial charge < -0.3 is 14.7 Å². The maximum absolute atomic E-state index is 5.75. The summed E-state index contributed by atoms with van der Waals surface area (Å²) >= 11 is 0. The van der Waals surface area contributed by atoms with Crippen LogP contribution in [0.2, 0.25) is 0 Å². The molecule has 1 unspecified atom stereocenters. The average Bonchev–Trinajstić information content (AvgIpc) is 2.86. The van der Waals surface area contributed by atoms with Crippen LogP contribution in [0.15, 0.2) is 27.5 Å². The summed E-state index contributed by atoms with van der Waals surface area (Å²) in [6.45, 7) is 1.97. The number of aromatic nitrogens is 2. The molecule has 0 aliphatic heterocycles. The van der Waals surface area contributed by atoms with Crippen molar-refractivity contribution < 1.29 is 8.94 Å².